The van der Waals surface area contributed by atoms with Crippen LogP contribution in [-0.4, -0.2) is 35.5 Å². The lowest BCUT2D eigenvalue weighted by Crippen LogP contribution is -2.48. The molecule has 1 fully saturated rings. The Kier molecular flexibility index (Phi) is 5.14. The largest absolute Gasteiger partial charge is 0.338 e. The van der Waals surface area contributed by atoms with E-state index < -0.39 is 0 Å². The molecule has 0 atom stereocenters. The van der Waals surface area contributed by atoms with Crippen LogP contribution in [0.5, 0.6) is 0 Å². The van der Waals surface area contributed by atoms with Crippen LogP contribution in [-0.2, 0) is 11.8 Å². The summed E-state index contributed by atoms with van der Waals surface area (Å²) in [6.07, 6.45) is 6.44. The lowest BCUT2D eigenvalue weighted by atomic mass is 9.74. The molecule has 1 aliphatic rings. The van der Waals surface area contributed by atoms with E-state index in [1.165, 1.54) is 5.56 Å². The van der Waals surface area contributed by atoms with Crippen molar-refractivity contribution in [1.29, 1.82) is 0 Å². The lowest BCUT2D eigenvalue weighted by Gasteiger charge is -2.39. The van der Waals surface area contributed by atoms with Crippen LogP contribution >= 0.6 is 0 Å². The summed E-state index contributed by atoms with van der Waals surface area (Å²) < 4.78 is 0. The molecule has 126 valence electrons. The van der Waals surface area contributed by atoms with E-state index >= 15 is 0 Å². The predicted molar refractivity (Wildman–Crippen MR) is 95.9 cm³/mol. The Balaban J connectivity index is 1.47. The molecule has 3 rings (SSSR count). The van der Waals surface area contributed by atoms with Gasteiger partial charge in [-0.25, -0.2) is 4.79 Å². The number of urea groups is 1. The predicted octanol–water partition coefficient (Wildman–Crippen LogP) is 3.39. The molecular formula is C20H25N3O. The molecule has 0 aliphatic carbocycles. The number of carbonyl (C=O) groups is 1. The molecule has 2 amide bonds. The normalized spacial score (nSPS) is 16.6. The third kappa shape index (κ3) is 3.94. The van der Waals surface area contributed by atoms with Gasteiger partial charge in [-0.1, -0.05) is 43.3 Å². The quantitative estimate of drug-likeness (QED) is 0.937. The fraction of sp³-hybridized carbons (Fsp3) is 0.400. The number of hydrogen-bond donors (Lipinski definition) is 1. The molecule has 0 spiro atoms. The number of nitrogens with zero attached hydrogens (tertiary/aromatic N) is 2. The first-order valence-electron chi connectivity index (χ1n) is 8.65. The van der Waals surface area contributed by atoms with Crippen molar-refractivity contribution in [2.45, 2.75) is 31.6 Å². The van der Waals surface area contributed by atoms with Crippen molar-refractivity contribution < 1.29 is 4.79 Å². The van der Waals surface area contributed by atoms with Gasteiger partial charge in [-0.05, 0) is 41.9 Å². The first-order valence-corrected chi connectivity index (χ1v) is 8.65. The van der Waals surface area contributed by atoms with E-state index in [1.807, 2.05) is 23.2 Å². The summed E-state index contributed by atoms with van der Waals surface area (Å²) in [7, 11) is 0. The summed E-state index contributed by atoms with van der Waals surface area (Å²) in [6, 6.07) is 14.6. The summed E-state index contributed by atoms with van der Waals surface area (Å²) in [4.78, 5) is 18.4. The van der Waals surface area contributed by atoms with Crippen LogP contribution in [0.25, 0.3) is 0 Å². The van der Waals surface area contributed by atoms with E-state index in [2.05, 4.69) is 47.6 Å². The lowest BCUT2D eigenvalue weighted by molar-refractivity contribution is 0.163. The zero-order valence-corrected chi connectivity index (χ0v) is 14.2. The molecule has 1 aromatic carbocycles. The Bertz CT molecular complexity index is 649. The number of nitrogens with one attached hydrogen (secondary N) is 1. The van der Waals surface area contributed by atoms with Gasteiger partial charge in [-0.2, -0.15) is 0 Å². The van der Waals surface area contributed by atoms with E-state index in [1.54, 1.807) is 6.20 Å². The zero-order chi connectivity index (χ0) is 16.8. The van der Waals surface area contributed by atoms with Crippen molar-refractivity contribution in [3.63, 3.8) is 0 Å². The number of amides is 2. The number of rotatable bonds is 4. The van der Waals surface area contributed by atoms with Crippen LogP contribution in [0.1, 0.15) is 30.9 Å². The average molecular weight is 323 g/mol. The van der Waals surface area contributed by atoms with Crippen LogP contribution in [0.3, 0.4) is 0 Å². The van der Waals surface area contributed by atoms with Gasteiger partial charge in [-0.3, -0.25) is 4.98 Å². The van der Waals surface area contributed by atoms with E-state index in [0.29, 0.717) is 6.54 Å². The van der Waals surface area contributed by atoms with Gasteiger partial charge in [0.15, 0.2) is 0 Å². The number of pyridine rings is 1. The van der Waals surface area contributed by atoms with Crippen LogP contribution in [0.15, 0.2) is 54.9 Å². The highest BCUT2D eigenvalue weighted by Gasteiger charge is 2.33. The first kappa shape index (κ1) is 16.5. The van der Waals surface area contributed by atoms with Gasteiger partial charge in [0.05, 0.1) is 0 Å². The Labute approximate surface area is 143 Å². The maximum Gasteiger partial charge on any atom is 0.317 e. The first-order chi connectivity index (χ1) is 11.7. The summed E-state index contributed by atoms with van der Waals surface area (Å²) in [5.74, 6) is 0. The summed E-state index contributed by atoms with van der Waals surface area (Å²) in [6.45, 7) is 4.57. The van der Waals surface area contributed by atoms with Crippen LogP contribution < -0.4 is 5.32 Å². The monoisotopic (exact) mass is 323 g/mol. The van der Waals surface area contributed by atoms with Gasteiger partial charge < -0.3 is 10.2 Å². The Morgan fingerprint density at radius 3 is 2.58 bits per heavy atom. The molecule has 0 unspecified atom stereocenters. The Morgan fingerprint density at radius 1 is 1.17 bits per heavy atom. The SMILES string of the molecule is CC1(c2ccccc2)CCN(C(=O)NCCc2cccnc2)CC1. The number of benzene rings is 1. The van der Waals surface area contributed by atoms with Crippen LogP contribution in [0.2, 0.25) is 0 Å². The van der Waals surface area contributed by atoms with Gasteiger partial charge in [0.25, 0.3) is 0 Å². The second kappa shape index (κ2) is 7.47. The smallest absolute Gasteiger partial charge is 0.317 e. The van der Waals surface area contributed by atoms with Gasteiger partial charge in [0.2, 0.25) is 0 Å². The molecule has 1 N–H and O–H groups in total. The fourth-order valence-electron chi connectivity index (χ4n) is 3.30. The fourth-order valence-corrected chi connectivity index (χ4v) is 3.30. The Hall–Kier alpha value is -2.36. The number of hydrogen-bond acceptors (Lipinski definition) is 2. The maximum absolute atomic E-state index is 12.3. The molecule has 1 aliphatic heterocycles. The van der Waals surface area contributed by atoms with Crippen LogP contribution in [0, 0.1) is 0 Å². The van der Waals surface area contributed by atoms with Crippen molar-refractivity contribution >= 4 is 6.03 Å². The third-order valence-electron chi connectivity index (χ3n) is 5.04. The second-order valence-corrected chi connectivity index (χ2v) is 6.76. The summed E-state index contributed by atoms with van der Waals surface area (Å²) in [5.41, 5.74) is 2.70. The average Bonchev–Trinajstić information content (AvgIpc) is 2.64. The van der Waals surface area contributed by atoms with Gasteiger partial charge in [0, 0.05) is 32.0 Å². The molecule has 0 radical (unpaired) electrons. The molecule has 1 aromatic heterocycles. The van der Waals surface area contributed by atoms with Crippen molar-refractivity contribution in [1.82, 2.24) is 15.2 Å². The third-order valence-corrected chi connectivity index (χ3v) is 5.04. The number of piperidine rings is 1. The van der Waals surface area contributed by atoms with Crippen molar-refractivity contribution in [3.8, 4) is 0 Å². The zero-order valence-electron chi connectivity index (χ0n) is 14.2. The molecule has 2 heterocycles. The highest BCUT2D eigenvalue weighted by atomic mass is 16.2. The molecule has 4 nitrogen and oxygen atoms in total. The molecule has 0 saturated carbocycles. The van der Waals surface area contributed by atoms with Crippen molar-refractivity contribution in [2.24, 2.45) is 0 Å². The molecular weight excluding hydrogens is 298 g/mol. The number of aromatic nitrogens is 1. The van der Waals surface area contributed by atoms with E-state index in [4.69, 9.17) is 0 Å². The molecule has 2 aromatic rings. The standard InChI is InChI=1S/C20H25N3O/c1-20(18-7-3-2-4-8-18)10-14-23(15-11-20)19(24)22-13-9-17-6-5-12-21-16-17/h2-8,12,16H,9-11,13-15H2,1H3,(H,22,24). The highest BCUT2D eigenvalue weighted by molar-refractivity contribution is 5.74. The molecule has 24 heavy (non-hydrogen) atoms. The molecule has 1 saturated heterocycles. The minimum absolute atomic E-state index is 0.0500. The minimum atomic E-state index is 0.0500. The number of likely N-dealkylation sites (tertiary alicyclic amines) is 1. The minimum Gasteiger partial charge on any atom is -0.338 e. The van der Waals surface area contributed by atoms with E-state index in [9.17, 15) is 4.79 Å². The van der Waals surface area contributed by atoms with Crippen molar-refractivity contribution in [2.75, 3.05) is 19.6 Å². The Morgan fingerprint density at radius 2 is 1.92 bits per heavy atom. The van der Waals surface area contributed by atoms with Gasteiger partial charge in [-0.15, -0.1) is 0 Å². The van der Waals surface area contributed by atoms with Crippen molar-refractivity contribution in [3.05, 3.63) is 66.0 Å². The topological polar surface area (TPSA) is 45.2 Å². The molecule has 0 bridgehead atoms. The van der Waals surface area contributed by atoms with E-state index in [-0.39, 0.29) is 11.4 Å². The number of carbonyl (C=O) groups excluding carboxylic acids is 1. The summed E-state index contributed by atoms with van der Waals surface area (Å²) >= 11 is 0. The van der Waals surface area contributed by atoms with Crippen LogP contribution in [0.4, 0.5) is 4.79 Å². The second-order valence-electron chi connectivity index (χ2n) is 6.76. The van der Waals surface area contributed by atoms with Gasteiger partial charge in [0.1, 0.15) is 0 Å². The molecule has 4 heteroatoms. The summed E-state index contributed by atoms with van der Waals surface area (Å²) in [5, 5.41) is 3.03. The van der Waals surface area contributed by atoms with Gasteiger partial charge >= 0.3 is 6.03 Å². The van der Waals surface area contributed by atoms with E-state index in [0.717, 1.165) is 37.9 Å². The maximum atomic E-state index is 12.3. The highest BCUT2D eigenvalue weighted by Crippen LogP contribution is 2.34.